The SMILES string of the molecule is Cc1cc(Cl)c(S(=O)(=O)Nc2cccc(F)c2C)cc1N. The third-order valence-corrected chi connectivity index (χ3v) is 4.95. The second kappa shape index (κ2) is 5.54. The third kappa shape index (κ3) is 3.11. The van der Waals surface area contributed by atoms with Crippen LogP contribution >= 0.6 is 11.6 Å². The summed E-state index contributed by atoms with van der Waals surface area (Å²) in [6.07, 6.45) is 0. The highest BCUT2D eigenvalue weighted by Crippen LogP contribution is 2.29. The molecule has 7 heteroatoms. The smallest absolute Gasteiger partial charge is 0.263 e. The molecule has 3 N–H and O–H groups in total. The van der Waals surface area contributed by atoms with Gasteiger partial charge in [0.05, 0.1) is 10.7 Å². The number of nitrogens with one attached hydrogen (secondary N) is 1. The number of aryl methyl sites for hydroxylation is 1. The number of benzene rings is 2. The Kier molecular flexibility index (Phi) is 4.11. The predicted molar refractivity (Wildman–Crippen MR) is 82.5 cm³/mol. The normalized spacial score (nSPS) is 11.4. The first-order valence-electron chi connectivity index (χ1n) is 6.06. The first-order chi connectivity index (χ1) is 9.72. The molecule has 0 aliphatic heterocycles. The van der Waals surface area contributed by atoms with Crippen molar-refractivity contribution in [3.8, 4) is 0 Å². The first kappa shape index (κ1) is 15.6. The number of anilines is 2. The molecule has 2 aromatic carbocycles. The fraction of sp³-hybridized carbons (Fsp3) is 0.143. The number of rotatable bonds is 3. The summed E-state index contributed by atoms with van der Waals surface area (Å²) in [5.74, 6) is -0.496. The summed E-state index contributed by atoms with van der Waals surface area (Å²) < 4.78 is 40.5. The van der Waals surface area contributed by atoms with Crippen LogP contribution in [0.2, 0.25) is 5.02 Å². The maximum Gasteiger partial charge on any atom is 0.263 e. The lowest BCUT2D eigenvalue weighted by atomic mass is 10.2. The molecule has 4 nitrogen and oxygen atoms in total. The molecule has 0 aromatic heterocycles. The Bertz CT molecular complexity index is 807. The Balaban J connectivity index is 2.48. The molecule has 21 heavy (non-hydrogen) atoms. The van der Waals surface area contributed by atoms with Crippen molar-refractivity contribution < 1.29 is 12.8 Å². The quantitative estimate of drug-likeness (QED) is 0.847. The number of hydrogen-bond acceptors (Lipinski definition) is 3. The zero-order chi connectivity index (χ0) is 15.8. The molecule has 0 radical (unpaired) electrons. The van der Waals surface area contributed by atoms with Gasteiger partial charge in [0.2, 0.25) is 0 Å². The van der Waals surface area contributed by atoms with Gasteiger partial charge in [-0.2, -0.15) is 0 Å². The van der Waals surface area contributed by atoms with E-state index in [9.17, 15) is 12.8 Å². The van der Waals surface area contributed by atoms with Crippen LogP contribution in [0.4, 0.5) is 15.8 Å². The zero-order valence-electron chi connectivity index (χ0n) is 11.4. The number of halogens is 2. The largest absolute Gasteiger partial charge is 0.398 e. The summed E-state index contributed by atoms with van der Waals surface area (Å²) in [5.41, 5.74) is 7.08. The predicted octanol–water partition coefficient (Wildman–Crippen LogP) is 3.48. The van der Waals surface area contributed by atoms with E-state index in [0.29, 0.717) is 11.3 Å². The van der Waals surface area contributed by atoms with Gasteiger partial charge in [-0.3, -0.25) is 4.72 Å². The minimum absolute atomic E-state index is 0.0586. The molecule has 0 unspecified atom stereocenters. The lowest BCUT2D eigenvalue weighted by molar-refractivity contribution is 0.601. The van der Waals surface area contributed by atoms with E-state index in [0.717, 1.165) is 0 Å². The van der Waals surface area contributed by atoms with Crippen LogP contribution < -0.4 is 10.5 Å². The van der Waals surface area contributed by atoms with Crippen LogP contribution in [0.5, 0.6) is 0 Å². The van der Waals surface area contributed by atoms with Gasteiger partial charge >= 0.3 is 0 Å². The van der Waals surface area contributed by atoms with Gasteiger partial charge in [0.1, 0.15) is 10.7 Å². The average molecular weight is 329 g/mol. The third-order valence-electron chi connectivity index (χ3n) is 3.12. The minimum atomic E-state index is -3.95. The van der Waals surface area contributed by atoms with E-state index >= 15 is 0 Å². The molecule has 2 aromatic rings. The molecular formula is C14H14ClFN2O2S. The molecule has 0 amide bonds. The molecule has 0 heterocycles. The summed E-state index contributed by atoms with van der Waals surface area (Å²) in [6.45, 7) is 3.21. The fourth-order valence-electron chi connectivity index (χ4n) is 1.79. The van der Waals surface area contributed by atoms with Crippen molar-refractivity contribution >= 4 is 33.0 Å². The van der Waals surface area contributed by atoms with Crippen molar-refractivity contribution in [3.05, 3.63) is 52.3 Å². The van der Waals surface area contributed by atoms with E-state index < -0.39 is 15.8 Å². The van der Waals surface area contributed by atoms with Crippen molar-refractivity contribution in [3.63, 3.8) is 0 Å². The topological polar surface area (TPSA) is 72.2 Å². The van der Waals surface area contributed by atoms with E-state index in [1.165, 1.54) is 37.3 Å². The summed E-state index contributed by atoms with van der Waals surface area (Å²) in [5, 5.41) is 0.0586. The van der Waals surface area contributed by atoms with Gasteiger partial charge in [0, 0.05) is 11.3 Å². The van der Waals surface area contributed by atoms with E-state index in [4.69, 9.17) is 17.3 Å². The van der Waals surface area contributed by atoms with Crippen LogP contribution in [0, 0.1) is 19.7 Å². The van der Waals surface area contributed by atoms with Gasteiger partial charge in [-0.05, 0) is 43.7 Å². The summed E-state index contributed by atoms with van der Waals surface area (Å²) >= 11 is 5.97. The monoisotopic (exact) mass is 328 g/mol. The van der Waals surface area contributed by atoms with Crippen LogP contribution in [-0.4, -0.2) is 8.42 Å². The molecule has 0 aliphatic rings. The van der Waals surface area contributed by atoms with Crippen LogP contribution in [0.3, 0.4) is 0 Å². The number of hydrogen-bond donors (Lipinski definition) is 2. The highest BCUT2D eigenvalue weighted by molar-refractivity contribution is 7.92. The zero-order valence-corrected chi connectivity index (χ0v) is 13.0. The van der Waals surface area contributed by atoms with Gasteiger partial charge < -0.3 is 5.73 Å². The van der Waals surface area contributed by atoms with Crippen molar-refractivity contribution in [1.29, 1.82) is 0 Å². The average Bonchev–Trinajstić information content (AvgIpc) is 2.39. The number of sulfonamides is 1. The van der Waals surface area contributed by atoms with Crippen LogP contribution in [0.15, 0.2) is 35.2 Å². The number of nitrogen functional groups attached to an aromatic ring is 1. The maximum atomic E-state index is 13.5. The Morgan fingerprint density at radius 3 is 2.57 bits per heavy atom. The second-order valence-electron chi connectivity index (χ2n) is 4.66. The highest BCUT2D eigenvalue weighted by atomic mass is 35.5. The molecule has 0 bridgehead atoms. The van der Waals surface area contributed by atoms with Gasteiger partial charge in [-0.15, -0.1) is 0 Å². The molecule has 0 saturated heterocycles. The van der Waals surface area contributed by atoms with Gasteiger partial charge in [-0.25, -0.2) is 12.8 Å². The first-order valence-corrected chi connectivity index (χ1v) is 7.92. The van der Waals surface area contributed by atoms with E-state index in [1.807, 2.05) is 0 Å². The Labute approximate surface area is 127 Å². The second-order valence-corrected chi connectivity index (χ2v) is 6.72. The minimum Gasteiger partial charge on any atom is -0.398 e. The van der Waals surface area contributed by atoms with Crippen molar-refractivity contribution in [2.75, 3.05) is 10.5 Å². The van der Waals surface area contributed by atoms with Crippen LogP contribution in [0.25, 0.3) is 0 Å². The van der Waals surface area contributed by atoms with E-state index in [2.05, 4.69) is 4.72 Å². The van der Waals surface area contributed by atoms with Gasteiger partial charge in [-0.1, -0.05) is 17.7 Å². The Hall–Kier alpha value is -1.79. The fourth-order valence-corrected chi connectivity index (χ4v) is 3.53. The Morgan fingerprint density at radius 2 is 1.90 bits per heavy atom. The van der Waals surface area contributed by atoms with Crippen molar-refractivity contribution in [1.82, 2.24) is 0 Å². The molecule has 0 spiro atoms. The number of nitrogens with two attached hydrogens (primary N) is 1. The van der Waals surface area contributed by atoms with Crippen molar-refractivity contribution in [2.24, 2.45) is 0 Å². The van der Waals surface area contributed by atoms with E-state index in [-0.39, 0.29) is 21.2 Å². The van der Waals surface area contributed by atoms with Crippen LogP contribution in [-0.2, 0) is 10.0 Å². The lowest BCUT2D eigenvalue weighted by Gasteiger charge is -2.13. The van der Waals surface area contributed by atoms with Crippen molar-refractivity contribution in [2.45, 2.75) is 18.7 Å². The highest BCUT2D eigenvalue weighted by Gasteiger charge is 2.20. The van der Waals surface area contributed by atoms with Gasteiger partial charge in [0.25, 0.3) is 10.0 Å². The molecule has 0 saturated carbocycles. The lowest BCUT2D eigenvalue weighted by Crippen LogP contribution is -2.15. The van der Waals surface area contributed by atoms with Gasteiger partial charge in [0.15, 0.2) is 0 Å². The maximum absolute atomic E-state index is 13.5. The van der Waals surface area contributed by atoms with Crippen LogP contribution in [0.1, 0.15) is 11.1 Å². The Morgan fingerprint density at radius 1 is 1.24 bits per heavy atom. The summed E-state index contributed by atoms with van der Waals surface area (Å²) in [7, 11) is -3.95. The molecular weight excluding hydrogens is 315 g/mol. The summed E-state index contributed by atoms with van der Waals surface area (Å²) in [6, 6.07) is 6.91. The van der Waals surface area contributed by atoms with E-state index in [1.54, 1.807) is 6.92 Å². The summed E-state index contributed by atoms with van der Waals surface area (Å²) in [4.78, 5) is -0.143. The standard InChI is InChI=1S/C14H14ClFN2O2S/c1-8-6-10(15)14(7-12(8)17)21(19,20)18-13-5-3-4-11(16)9(13)2/h3-7,18H,17H2,1-2H3. The molecule has 2 rings (SSSR count). The molecule has 0 fully saturated rings. The molecule has 0 atom stereocenters. The molecule has 0 aliphatic carbocycles. The molecule has 112 valence electrons.